The summed E-state index contributed by atoms with van der Waals surface area (Å²) in [6.45, 7) is 1.56. The molecule has 3 heterocycles. The van der Waals surface area contributed by atoms with E-state index in [4.69, 9.17) is 9.15 Å². The molecule has 28 heavy (non-hydrogen) atoms. The zero-order valence-corrected chi connectivity index (χ0v) is 15.8. The van der Waals surface area contributed by atoms with Crippen LogP contribution in [0.1, 0.15) is 18.6 Å². The fourth-order valence-electron chi connectivity index (χ4n) is 3.55. The van der Waals surface area contributed by atoms with E-state index in [2.05, 4.69) is 5.32 Å². The van der Waals surface area contributed by atoms with E-state index in [9.17, 15) is 9.59 Å². The fourth-order valence-corrected chi connectivity index (χ4v) is 3.55. The van der Waals surface area contributed by atoms with E-state index in [-0.39, 0.29) is 17.7 Å². The van der Waals surface area contributed by atoms with Crippen molar-refractivity contribution in [1.82, 2.24) is 9.47 Å². The van der Waals surface area contributed by atoms with E-state index in [1.165, 1.54) is 4.57 Å². The van der Waals surface area contributed by atoms with Gasteiger partial charge in [-0.15, -0.1) is 0 Å². The van der Waals surface area contributed by atoms with Crippen molar-refractivity contribution >= 4 is 22.5 Å². The van der Waals surface area contributed by atoms with Crippen LogP contribution in [0.2, 0.25) is 0 Å². The van der Waals surface area contributed by atoms with E-state index >= 15 is 0 Å². The summed E-state index contributed by atoms with van der Waals surface area (Å²) in [5, 5.41) is 4.26. The van der Waals surface area contributed by atoms with Gasteiger partial charge in [-0.2, -0.15) is 0 Å². The molecule has 2 amide bonds. The number of urea groups is 1. The molecule has 0 spiro atoms. The summed E-state index contributed by atoms with van der Waals surface area (Å²) >= 11 is 0. The standard InChI is InChI=1S/C21H23N3O4/c1-23-14-19(17-8-2-3-9-18(17)20(23)25)22-21(26)24(12-15-6-4-10-27-15)13-16-7-5-11-28-16/h2-4,6,8-10,14,16H,5,7,11-13H2,1H3,(H,22,26)/t16-/m0/s1. The molecule has 0 saturated carbocycles. The van der Waals surface area contributed by atoms with Gasteiger partial charge in [0.2, 0.25) is 0 Å². The number of fused-ring (bicyclic) bond motifs is 1. The molecular weight excluding hydrogens is 358 g/mol. The summed E-state index contributed by atoms with van der Waals surface area (Å²) in [4.78, 5) is 27.1. The van der Waals surface area contributed by atoms with Gasteiger partial charge in [0.25, 0.3) is 5.56 Å². The number of amides is 2. The molecule has 0 aliphatic carbocycles. The normalized spacial score (nSPS) is 16.4. The van der Waals surface area contributed by atoms with Gasteiger partial charge >= 0.3 is 6.03 Å². The Morgan fingerprint density at radius 3 is 2.79 bits per heavy atom. The van der Waals surface area contributed by atoms with Crippen molar-refractivity contribution in [2.75, 3.05) is 18.5 Å². The Hall–Kier alpha value is -3.06. The lowest BCUT2D eigenvalue weighted by Gasteiger charge is -2.25. The lowest BCUT2D eigenvalue weighted by molar-refractivity contribution is 0.0803. The molecule has 4 rings (SSSR count). The first-order valence-electron chi connectivity index (χ1n) is 9.40. The monoisotopic (exact) mass is 381 g/mol. The van der Waals surface area contributed by atoms with Crippen LogP contribution < -0.4 is 10.9 Å². The molecule has 1 aliphatic rings. The molecular formula is C21H23N3O4. The number of carbonyl (C=O) groups is 1. The molecule has 0 bridgehead atoms. The predicted molar refractivity (Wildman–Crippen MR) is 106 cm³/mol. The number of nitrogens with one attached hydrogen (secondary N) is 1. The van der Waals surface area contributed by atoms with E-state index in [0.717, 1.165) is 19.4 Å². The van der Waals surface area contributed by atoms with Gasteiger partial charge in [-0.3, -0.25) is 4.79 Å². The number of pyridine rings is 1. The average Bonchev–Trinajstić information content (AvgIpc) is 3.39. The van der Waals surface area contributed by atoms with Gasteiger partial charge in [-0.05, 0) is 31.0 Å². The lowest BCUT2D eigenvalue weighted by atomic mass is 10.1. The van der Waals surface area contributed by atoms with Crippen molar-refractivity contribution < 1.29 is 13.9 Å². The first-order chi connectivity index (χ1) is 13.6. The Morgan fingerprint density at radius 2 is 2.07 bits per heavy atom. The zero-order valence-electron chi connectivity index (χ0n) is 15.8. The predicted octanol–water partition coefficient (Wildman–Crippen LogP) is 3.34. The highest BCUT2D eigenvalue weighted by molar-refractivity contribution is 6.00. The van der Waals surface area contributed by atoms with Crippen molar-refractivity contribution in [2.45, 2.75) is 25.5 Å². The van der Waals surface area contributed by atoms with Gasteiger partial charge in [0, 0.05) is 37.2 Å². The maximum absolute atomic E-state index is 13.1. The molecule has 146 valence electrons. The molecule has 7 heteroatoms. The number of nitrogens with zero attached hydrogens (tertiary/aromatic N) is 2. The number of hydrogen-bond donors (Lipinski definition) is 1. The van der Waals surface area contributed by atoms with Crippen molar-refractivity contribution in [1.29, 1.82) is 0 Å². The van der Waals surface area contributed by atoms with Crippen LogP contribution in [0.4, 0.5) is 10.5 Å². The molecule has 1 aromatic carbocycles. The Labute approximate surface area is 162 Å². The van der Waals surface area contributed by atoms with Crippen LogP contribution in [-0.4, -0.2) is 34.8 Å². The third kappa shape index (κ3) is 3.80. The quantitative estimate of drug-likeness (QED) is 0.735. The summed E-state index contributed by atoms with van der Waals surface area (Å²) in [7, 11) is 1.68. The maximum atomic E-state index is 13.1. The minimum absolute atomic E-state index is 0.0255. The summed E-state index contributed by atoms with van der Waals surface area (Å²) in [6, 6.07) is 10.7. The van der Waals surface area contributed by atoms with Crippen LogP contribution in [0.3, 0.4) is 0 Å². The SMILES string of the molecule is Cn1cc(NC(=O)N(Cc2ccco2)C[C@@H]2CCCO2)c2ccccc2c1=O. The molecule has 0 radical (unpaired) electrons. The fraction of sp³-hybridized carbons (Fsp3) is 0.333. The van der Waals surface area contributed by atoms with Crippen molar-refractivity contribution in [2.24, 2.45) is 7.05 Å². The summed E-state index contributed by atoms with van der Waals surface area (Å²) in [5.41, 5.74) is 0.500. The Balaban J connectivity index is 1.61. The number of aryl methyl sites for hydroxylation is 1. The van der Waals surface area contributed by atoms with Gasteiger partial charge in [0.15, 0.2) is 0 Å². The number of furan rings is 1. The van der Waals surface area contributed by atoms with E-state index < -0.39 is 0 Å². The number of rotatable bonds is 5. The minimum Gasteiger partial charge on any atom is -0.467 e. The maximum Gasteiger partial charge on any atom is 0.322 e. The van der Waals surface area contributed by atoms with Crippen LogP contribution in [0.5, 0.6) is 0 Å². The van der Waals surface area contributed by atoms with Crippen molar-refractivity contribution in [3.05, 3.63) is 65.0 Å². The molecule has 1 fully saturated rings. The Bertz CT molecular complexity index is 1020. The summed E-state index contributed by atoms with van der Waals surface area (Å²) < 4.78 is 12.6. The van der Waals surface area contributed by atoms with Gasteiger partial charge in [0.1, 0.15) is 5.76 Å². The second kappa shape index (κ2) is 7.90. The molecule has 3 aromatic rings. The largest absolute Gasteiger partial charge is 0.467 e. The van der Waals surface area contributed by atoms with Crippen molar-refractivity contribution in [3.63, 3.8) is 0 Å². The van der Waals surface area contributed by atoms with E-state index in [1.807, 2.05) is 24.3 Å². The second-order valence-corrected chi connectivity index (χ2v) is 7.03. The minimum atomic E-state index is -0.254. The topological polar surface area (TPSA) is 76.7 Å². The van der Waals surface area contributed by atoms with Gasteiger partial charge < -0.3 is 23.9 Å². The lowest BCUT2D eigenvalue weighted by Crippen LogP contribution is -2.39. The first-order valence-corrected chi connectivity index (χ1v) is 9.40. The van der Waals surface area contributed by atoms with Gasteiger partial charge in [-0.25, -0.2) is 4.79 Å². The molecule has 0 unspecified atom stereocenters. The highest BCUT2D eigenvalue weighted by atomic mass is 16.5. The highest BCUT2D eigenvalue weighted by Gasteiger charge is 2.24. The van der Waals surface area contributed by atoms with E-state index in [0.29, 0.717) is 35.3 Å². The molecule has 1 N–H and O–H groups in total. The number of anilines is 1. The number of carbonyl (C=O) groups excluding carboxylic acids is 1. The smallest absolute Gasteiger partial charge is 0.322 e. The third-order valence-corrected chi connectivity index (χ3v) is 4.99. The molecule has 1 atom stereocenters. The van der Waals surface area contributed by atoms with Crippen LogP contribution >= 0.6 is 0 Å². The summed E-state index contributed by atoms with van der Waals surface area (Å²) in [5.74, 6) is 0.707. The molecule has 1 aliphatic heterocycles. The molecule has 1 saturated heterocycles. The zero-order chi connectivity index (χ0) is 19.5. The van der Waals surface area contributed by atoms with Crippen LogP contribution in [0, 0.1) is 0 Å². The third-order valence-electron chi connectivity index (χ3n) is 4.99. The van der Waals surface area contributed by atoms with Gasteiger partial charge in [-0.1, -0.05) is 18.2 Å². The first kappa shape index (κ1) is 18.3. The summed E-state index contributed by atoms with van der Waals surface area (Å²) in [6.07, 6.45) is 5.21. The van der Waals surface area contributed by atoms with Crippen LogP contribution in [0.15, 0.2) is 58.1 Å². The van der Waals surface area contributed by atoms with Crippen molar-refractivity contribution in [3.8, 4) is 0 Å². The molecule has 2 aromatic heterocycles. The van der Waals surface area contributed by atoms with Crippen LogP contribution in [0.25, 0.3) is 10.8 Å². The second-order valence-electron chi connectivity index (χ2n) is 7.03. The highest BCUT2D eigenvalue weighted by Crippen LogP contribution is 2.22. The van der Waals surface area contributed by atoms with Crippen LogP contribution in [-0.2, 0) is 18.3 Å². The number of hydrogen-bond acceptors (Lipinski definition) is 4. The Morgan fingerprint density at radius 1 is 1.25 bits per heavy atom. The number of aromatic nitrogens is 1. The average molecular weight is 381 g/mol. The molecule has 7 nitrogen and oxygen atoms in total. The number of benzene rings is 1. The number of ether oxygens (including phenoxy) is 1. The van der Waals surface area contributed by atoms with E-state index in [1.54, 1.807) is 36.5 Å². The van der Waals surface area contributed by atoms with Gasteiger partial charge in [0.05, 0.1) is 24.6 Å². The Kier molecular flexibility index (Phi) is 5.16.